The number of phenols is 1. The molecule has 0 heterocycles. The second-order valence-electron chi connectivity index (χ2n) is 4.64. The first-order valence-electron chi connectivity index (χ1n) is 6.36. The number of sulfonamides is 1. The first-order chi connectivity index (χ1) is 8.55. The van der Waals surface area contributed by atoms with Crippen LogP contribution >= 0.6 is 0 Å². The lowest BCUT2D eigenvalue weighted by Gasteiger charge is -2.26. The second-order valence-corrected chi connectivity index (χ2v) is 6.77. The molecule has 1 N–H and O–H groups in total. The Kier molecular flexibility index (Phi) is 3.80. The summed E-state index contributed by atoms with van der Waals surface area (Å²) in [7, 11) is -3.30. The van der Waals surface area contributed by atoms with Crippen LogP contribution in [-0.2, 0) is 10.0 Å². The number of aromatic hydroxyl groups is 1. The minimum Gasteiger partial charge on any atom is -0.508 e. The van der Waals surface area contributed by atoms with E-state index in [4.69, 9.17) is 0 Å². The van der Waals surface area contributed by atoms with Gasteiger partial charge in [-0.05, 0) is 31.9 Å². The van der Waals surface area contributed by atoms with Crippen LogP contribution in [0, 0.1) is 0 Å². The molecule has 5 heteroatoms. The number of hydrogen-bond donors (Lipinski definition) is 1. The number of benzene rings is 1. The molecule has 2 rings (SSSR count). The average molecular weight is 269 g/mol. The molecule has 4 nitrogen and oxygen atoms in total. The van der Waals surface area contributed by atoms with Crippen molar-refractivity contribution in [3.8, 4) is 5.75 Å². The van der Waals surface area contributed by atoms with Gasteiger partial charge in [0.1, 0.15) is 5.75 Å². The highest BCUT2D eigenvalue weighted by Crippen LogP contribution is 2.31. The van der Waals surface area contributed by atoms with Crippen molar-refractivity contribution in [2.75, 3.05) is 10.8 Å². The molecule has 0 aromatic heterocycles. The van der Waals surface area contributed by atoms with Crippen LogP contribution in [0.25, 0.3) is 0 Å². The van der Waals surface area contributed by atoms with Crippen LogP contribution in [0.3, 0.4) is 0 Å². The molecule has 0 saturated heterocycles. The molecule has 1 fully saturated rings. The SMILES string of the molecule is CCN(c1cccc(O)c1)S(=O)(=O)C1CCCC1. The summed E-state index contributed by atoms with van der Waals surface area (Å²) < 4.78 is 26.4. The van der Waals surface area contributed by atoms with Crippen molar-refractivity contribution in [3.63, 3.8) is 0 Å². The zero-order valence-electron chi connectivity index (χ0n) is 10.5. The molecule has 18 heavy (non-hydrogen) atoms. The Bertz CT molecular complexity index is 507. The molecule has 0 aliphatic heterocycles. The van der Waals surface area contributed by atoms with Gasteiger partial charge in [0.2, 0.25) is 10.0 Å². The number of anilines is 1. The van der Waals surface area contributed by atoms with E-state index >= 15 is 0 Å². The fourth-order valence-corrected chi connectivity index (χ4v) is 4.58. The molecule has 0 unspecified atom stereocenters. The van der Waals surface area contributed by atoms with Gasteiger partial charge in [-0.2, -0.15) is 0 Å². The Balaban J connectivity index is 2.33. The minimum atomic E-state index is -3.30. The minimum absolute atomic E-state index is 0.0903. The fourth-order valence-electron chi connectivity index (χ4n) is 2.52. The molecule has 1 saturated carbocycles. The molecule has 1 aliphatic rings. The van der Waals surface area contributed by atoms with E-state index in [1.165, 1.54) is 10.4 Å². The number of phenolic OH excluding ortho intramolecular Hbond substituents is 1. The van der Waals surface area contributed by atoms with E-state index in [2.05, 4.69) is 0 Å². The summed E-state index contributed by atoms with van der Waals surface area (Å²) >= 11 is 0. The van der Waals surface area contributed by atoms with Gasteiger partial charge in [-0.25, -0.2) is 8.42 Å². The number of hydrogen-bond acceptors (Lipinski definition) is 3. The molecule has 1 aliphatic carbocycles. The van der Waals surface area contributed by atoms with Gasteiger partial charge in [-0.1, -0.05) is 18.9 Å². The lowest BCUT2D eigenvalue weighted by atomic mass is 10.3. The third-order valence-corrected chi connectivity index (χ3v) is 5.83. The van der Waals surface area contributed by atoms with E-state index < -0.39 is 10.0 Å². The third kappa shape index (κ3) is 2.46. The van der Waals surface area contributed by atoms with Gasteiger partial charge in [0, 0.05) is 12.6 Å². The first kappa shape index (κ1) is 13.2. The monoisotopic (exact) mass is 269 g/mol. The second kappa shape index (κ2) is 5.18. The van der Waals surface area contributed by atoms with Crippen molar-refractivity contribution in [2.24, 2.45) is 0 Å². The Morgan fingerprint density at radius 2 is 2.00 bits per heavy atom. The van der Waals surface area contributed by atoms with Gasteiger partial charge < -0.3 is 5.11 Å². The molecule has 0 bridgehead atoms. The van der Waals surface area contributed by atoms with Crippen molar-refractivity contribution in [2.45, 2.75) is 37.9 Å². The van der Waals surface area contributed by atoms with Crippen molar-refractivity contribution in [1.29, 1.82) is 0 Å². The normalized spacial score (nSPS) is 16.9. The maximum Gasteiger partial charge on any atom is 0.238 e. The summed E-state index contributed by atoms with van der Waals surface area (Å²) in [5.74, 6) is 0.0903. The topological polar surface area (TPSA) is 57.6 Å². The van der Waals surface area contributed by atoms with E-state index in [9.17, 15) is 13.5 Å². The Labute approximate surface area is 108 Å². The van der Waals surface area contributed by atoms with E-state index in [-0.39, 0.29) is 11.0 Å². The summed E-state index contributed by atoms with van der Waals surface area (Å²) in [6.45, 7) is 2.21. The van der Waals surface area contributed by atoms with Crippen LogP contribution in [0.4, 0.5) is 5.69 Å². The van der Waals surface area contributed by atoms with E-state index in [0.29, 0.717) is 12.2 Å². The van der Waals surface area contributed by atoms with Gasteiger partial charge in [0.15, 0.2) is 0 Å². The standard InChI is InChI=1S/C13H19NO3S/c1-2-14(11-6-5-7-12(15)10-11)18(16,17)13-8-3-4-9-13/h5-7,10,13,15H,2-4,8-9H2,1H3. The summed E-state index contributed by atoms with van der Waals surface area (Å²) in [4.78, 5) is 0. The van der Waals surface area contributed by atoms with E-state index in [1.54, 1.807) is 18.2 Å². The largest absolute Gasteiger partial charge is 0.508 e. The van der Waals surface area contributed by atoms with Crippen LogP contribution in [0.5, 0.6) is 5.75 Å². The first-order valence-corrected chi connectivity index (χ1v) is 7.86. The predicted octanol–water partition coefficient (Wildman–Crippen LogP) is 2.49. The van der Waals surface area contributed by atoms with E-state index in [0.717, 1.165) is 25.7 Å². The van der Waals surface area contributed by atoms with Crippen molar-refractivity contribution in [1.82, 2.24) is 0 Å². The van der Waals surface area contributed by atoms with Crippen molar-refractivity contribution in [3.05, 3.63) is 24.3 Å². The Morgan fingerprint density at radius 3 is 2.56 bits per heavy atom. The third-order valence-electron chi connectivity index (χ3n) is 3.44. The maximum atomic E-state index is 12.5. The van der Waals surface area contributed by atoms with Crippen LogP contribution in [0.2, 0.25) is 0 Å². The molecule has 100 valence electrons. The van der Waals surface area contributed by atoms with Gasteiger partial charge in [-0.15, -0.1) is 0 Å². The highest BCUT2D eigenvalue weighted by Gasteiger charge is 2.33. The summed E-state index contributed by atoms with van der Waals surface area (Å²) in [5, 5.41) is 9.20. The maximum absolute atomic E-state index is 12.5. The zero-order valence-corrected chi connectivity index (χ0v) is 11.4. The lowest BCUT2D eigenvalue weighted by molar-refractivity contribution is 0.475. The number of rotatable bonds is 4. The molecular weight excluding hydrogens is 250 g/mol. The molecule has 1 aromatic carbocycles. The lowest BCUT2D eigenvalue weighted by Crippen LogP contribution is -2.37. The van der Waals surface area contributed by atoms with Gasteiger partial charge in [0.25, 0.3) is 0 Å². The average Bonchev–Trinajstić information content (AvgIpc) is 2.83. The molecule has 0 radical (unpaired) electrons. The van der Waals surface area contributed by atoms with Gasteiger partial charge in [0.05, 0.1) is 10.9 Å². The number of nitrogens with zero attached hydrogens (tertiary/aromatic N) is 1. The Morgan fingerprint density at radius 1 is 1.33 bits per heavy atom. The van der Waals surface area contributed by atoms with Gasteiger partial charge >= 0.3 is 0 Å². The highest BCUT2D eigenvalue weighted by atomic mass is 32.2. The molecule has 1 aromatic rings. The van der Waals surface area contributed by atoms with Gasteiger partial charge in [-0.3, -0.25) is 4.31 Å². The highest BCUT2D eigenvalue weighted by molar-refractivity contribution is 7.93. The van der Waals surface area contributed by atoms with Crippen LogP contribution in [0.1, 0.15) is 32.6 Å². The summed E-state index contributed by atoms with van der Waals surface area (Å²) in [6.07, 6.45) is 3.47. The zero-order chi connectivity index (χ0) is 13.2. The predicted molar refractivity (Wildman–Crippen MR) is 72.3 cm³/mol. The molecule has 0 atom stereocenters. The summed E-state index contributed by atoms with van der Waals surface area (Å²) in [5.41, 5.74) is 0.546. The van der Waals surface area contributed by atoms with Crippen LogP contribution in [-0.4, -0.2) is 25.3 Å². The van der Waals surface area contributed by atoms with E-state index in [1.807, 2.05) is 6.92 Å². The molecule has 0 amide bonds. The molecule has 0 spiro atoms. The molecular formula is C13H19NO3S. The fraction of sp³-hybridized carbons (Fsp3) is 0.538. The Hall–Kier alpha value is -1.23. The quantitative estimate of drug-likeness (QED) is 0.913. The van der Waals surface area contributed by atoms with Crippen LogP contribution in [0.15, 0.2) is 24.3 Å². The van der Waals surface area contributed by atoms with Crippen molar-refractivity contribution >= 4 is 15.7 Å². The van der Waals surface area contributed by atoms with Crippen molar-refractivity contribution < 1.29 is 13.5 Å². The van der Waals surface area contributed by atoms with Crippen LogP contribution < -0.4 is 4.31 Å². The smallest absolute Gasteiger partial charge is 0.238 e. The summed E-state index contributed by atoms with van der Waals surface area (Å²) in [6, 6.07) is 6.42.